The maximum Gasteiger partial charge on any atom is 0.227 e. The van der Waals surface area contributed by atoms with Crippen LogP contribution >= 0.6 is 22.7 Å². The van der Waals surface area contributed by atoms with E-state index in [1.807, 2.05) is 112 Å². The van der Waals surface area contributed by atoms with Gasteiger partial charge in [-0.15, -0.1) is 22.7 Å². The van der Waals surface area contributed by atoms with Gasteiger partial charge in [0.2, 0.25) is 11.4 Å². The molecule has 0 aliphatic rings. The summed E-state index contributed by atoms with van der Waals surface area (Å²) < 4.78 is 16.1. The summed E-state index contributed by atoms with van der Waals surface area (Å²) in [5, 5.41) is 16.5. The third kappa shape index (κ3) is 17.3. The smallest absolute Gasteiger partial charge is 0.227 e. The lowest BCUT2D eigenvalue weighted by Gasteiger charge is -2.09. The highest BCUT2D eigenvalue weighted by molar-refractivity contribution is 7.25. The number of rotatable bonds is 1. The van der Waals surface area contributed by atoms with Crippen LogP contribution in [0.4, 0.5) is 0 Å². The average Bonchev–Trinajstić information content (AvgIpc) is 1.77. The highest BCUT2D eigenvalue weighted by Gasteiger charge is 2.12. The van der Waals surface area contributed by atoms with Crippen LogP contribution in [0, 0.1) is 90.0 Å². The quantitative estimate of drug-likeness (QED) is 0.152. The minimum absolute atomic E-state index is 0.732. The molecule has 0 atom stereocenters. The van der Waals surface area contributed by atoms with Gasteiger partial charge in [-0.05, 0) is 264 Å². The molecule has 0 bridgehead atoms. The second-order valence-electron chi connectivity index (χ2n) is 26.6. The maximum absolute atomic E-state index is 5.70. The Kier molecular flexibility index (Phi) is 22.6. The van der Waals surface area contributed by atoms with Gasteiger partial charge >= 0.3 is 0 Å². The SMILES string of the molecule is Cc1c(-c2ccccc2)ccc2ccccc12.Cc1ccc2c(c1)oc1nc(C)ccc12.Cc1ccc2ccc3ccccc3c2c1.Cc1ccc2oc3nc(C)ccc3c2c1.Cc1ccc2sc3nc(C)ccc3c2c1.Cc1ccnc(C)c1.Cc1sc2cccc(C)c2c1C.Cn1cccc1. The van der Waals surface area contributed by atoms with Crippen LogP contribution in [0.1, 0.15) is 72.2 Å². The van der Waals surface area contributed by atoms with Crippen molar-refractivity contribution in [3.63, 3.8) is 0 Å². The largest absolute Gasteiger partial charge is 0.438 e. The van der Waals surface area contributed by atoms with Crippen molar-refractivity contribution in [2.75, 3.05) is 0 Å². The molecule has 9 aromatic heterocycles. The molecule has 103 heavy (non-hydrogen) atoms. The van der Waals surface area contributed by atoms with Gasteiger partial charge in [0.25, 0.3) is 0 Å². The lowest BCUT2D eigenvalue weighted by atomic mass is 9.95. The molecule has 0 saturated heterocycles. The number of aromatic nitrogens is 5. The summed E-state index contributed by atoms with van der Waals surface area (Å²) in [4.78, 5) is 19.9. The van der Waals surface area contributed by atoms with Gasteiger partial charge in [-0.3, -0.25) is 4.98 Å². The van der Waals surface area contributed by atoms with Crippen molar-refractivity contribution in [3.05, 3.63) is 346 Å². The number of benzene rings is 10. The summed E-state index contributed by atoms with van der Waals surface area (Å²) in [5.41, 5.74) is 20.6. The number of aryl methyl sites for hydroxylation is 14. The van der Waals surface area contributed by atoms with E-state index in [-0.39, 0.29) is 0 Å². The third-order valence-electron chi connectivity index (χ3n) is 18.3. The summed E-state index contributed by atoms with van der Waals surface area (Å²) in [7, 11) is 2.00. The predicted molar refractivity (Wildman–Crippen MR) is 444 cm³/mol. The lowest BCUT2D eigenvalue weighted by Crippen LogP contribution is -1.85. The fourth-order valence-electron chi connectivity index (χ4n) is 12.8. The molecule has 0 N–H and O–H groups in total. The number of furan rings is 2. The Hall–Kier alpha value is -11.4. The first kappa shape index (κ1) is 71.5. The maximum atomic E-state index is 5.70. The topological polar surface area (TPSA) is 82.8 Å². The molecule has 9 heterocycles. The zero-order valence-electron chi connectivity index (χ0n) is 61.3. The first-order chi connectivity index (χ1) is 49.8. The predicted octanol–water partition coefficient (Wildman–Crippen LogP) is 26.9. The van der Waals surface area contributed by atoms with Gasteiger partial charge in [0, 0.05) is 95.0 Å². The van der Waals surface area contributed by atoms with Crippen molar-refractivity contribution < 1.29 is 8.83 Å². The Bertz CT molecular complexity index is 5930. The minimum atomic E-state index is 0.732. The molecule has 0 radical (unpaired) electrons. The van der Waals surface area contributed by atoms with Crippen LogP contribution in [0.5, 0.6) is 0 Å². The van der Waals surface area contributed by atoms with E-state index in [0.29, 0.717) is 0 Å². The molecule has 7 nitrogen and oxygen atoms in total. The van der Waals surface area contributed by atoms with E-state index in [0.717, 1.165) is 71.7 Å². The van der Waals surface area contributed by atoms with Crippen LogP contribution < -0.4 is 0 Å². The number of pyridine rings is 4. The Balaban J connectivity index is 0.000000112. The van der Waals surface area contributed by atoms with E-state index in [1.165, 1.54) is 118 Å². The summed E-state index contributed by atoms with van der Waals surface area (Å²) >= 11 is 3.67. The monoisotopic (exact) mass is 1380 g/mol. The van der Waals surface area contributed by atoms with Gasteiger partial charge in [-0.2, -0.15) is 0 Å². The molecule has 0 aliphatic carbocycles. The van der Waals surface area contributed by atoms with Crippen LogP contribution in [0.25, 0.3) is 118 Å². The molecule has 0 spiro atoms. The van der Waals surface area contributed by atoms with Crippen LogP contribution in [0.3, 0.4) is 0 Å². The van der Waals surface area contributed by atoms with E-state index in [4.69, 9.17) is 8.83 Å². The van der Waals surface area contributed by atoms with Crippen molar-refractivity contribution >= 4 is 130 Å². The summed E-state index contributed by atoms with van der Waals surface area (Å²) in [6, 6.07) is 89.1. The zero-order valence-corrected chi connectivity index (χ0v) is 63.0. The van der Waals surface area contributed by atoms with Gasteiger partial charge in [0.15, 0.2) is 0 Å². The summed E-state index contributed by atoms with van der Waals surface area (Å²) in [5.74, 6) is 0. The van der Waals surface area contributed by atoms with E-state index in [1.54, 1.807) is 11.3 Å². The molecule has 0 fully saturated rings. The first-order valence-corrected chi connectivity index (χ1v) is 36.6. The fraction of sp³-hybridized carbons (Fsp3) is 0.149. The first-order valence-electron chi connectivity index (χ1n) is 34.9. The zero-order chi connectivity index (χ0) is 72.3. The highest BCUT2D eigenvalue weighted by atomic mass is 32.1. The van der Waals surface area contributed by atoms with Gasteiger partial charge in [-0.1, -0.05) is 174 Å². The molecule has 0 unspecified atom stereocenters. The van der Waals surface area contributed by atoms with Crippen molar-refractivity contribution in [1.82, 2.24) is 24.5 Å². The number of nitrogens with zero attached hydrogens (tertiary/aromatic N) is 5. The number of fused-ring (bicyclic) bond motifs is 14. The molecular weight excluding hydrogens is 1300 g/mol. The Morgan fingerprint density at radius 1 is 0.320 bits per heavy atom. The van der Waals surface area contributed by atoms with Crippen molar-refractivity contribution in [3.8, 4) is 11.1 Å². The molecule has 10 aromatic carbocycles. The molecule has 512 valence electrons. The Morgan fingerprint density at radius 2 is 0.845 bits per heavy atom. The van der Waals surface area contributed by atoms with E-state index in [9.17, 15) is 0 Å². The minimum Gasteiger partial charge on any atom is -0.438 e. The molecule has 0 amide bonds. The standard InChI is InChI=1S/C17H14.C15H12.2C13H11NO.C13H11NS.C11H12S.C7H9N.C5H7N/c1-13-16-10-6-5-9-15(16)11-12-17(13)14-7-3-2-4-8-14;1-11-6-7-13-9-8-12-4-2-3-5-14(12)15(13)10-11;1-8-3-6-12-11(7-8)10-5-4-9(2)14-13(10)15-12;1-8-3-5-10-11-6-4-9(2)14-13(11)15-12(10)7-8;1-8-3-6-12-11(7-8)10-5-4-9(2)14-13(10)15-12;1-7-5-4-6-10-11(7)8(2)9(3)12-10;1-6-3-4-8-7(2)5-6;1-6-4-2-3-5-6/h2-12H,1H3;2-10H,1H3;3*3-7H,1-2H3;4-6H,1-3H3;3-5H,1-2H3;2-5H,1H3. The van der Waals surface area contributed by atoms with Crippen molar-refractivity contribution in [2.24, 2.45) is 7.05 Å². The number of hydrogen-bond acceptors (Lipinski definition) is 8. The lowest BCUT2D eigenvalue weighted by molar-refractivity contribution is 0.652. The number of hydrogen-bond donors (Lipinski definition) is 0. The Morgan fingerprint density at radius 3 is 1.50 bits per heavy atom. The second kappa shape index (κ2) is 32.5. The fourth-order valence-corrected chi connectivity index (χ4v) is 15.0. The number of thiophene rings is 2. The van der Waals surface area contributed by atoms with Gasteiger partial charge in [0.05, 0.1) is 0 Å². The van der Waals surface area contributed by atoms with Gasteiger partial charge in [-0.25, -0.2) is 15.0 Å². The van der Waals surface area contributed by atoms with E-state index in [2.05, 4.69) is 295 Å². The summed E-state index contributed by atoms with van der Waals surface area (Å²) in [6.45, 7) is 27.2. The van der Waals surface area contributed by atoms with Crippen molar-refractivity contribution in [2.45, 2.75) is 90.0 Å². The molecule has 19 rings (SSSR count). The van der Waals surface area contributed by atoms with Crippen LogP contribution in [0.2, 0.25) is 0 Å². The third-order valence-corrected chi connectivity index (χ3v) is 20.5. The molecule has 19 aromatic rings. The van der Waals surface area contributed by atoms with Gasteiger partial charge in [0.1, 0.15) is 16.0 Å². The molecule has 0 saturated carbocycles. The highest BCUT2D eigenvalue weighted by Crippen LogP contribution is 2.36. The second-order valence-corrected chi connectivity index (χ2v) is 28.9. The van der Waals surface area contributed by atoms with E-state index < -0.39 is 0 Å². The molecule has 0 aliphatic heterocycles. The Labute approximate surface area is 612 Å². The summed E-state index contributed by atoms with van der Waals surface area (Å²) in [6.07, 6.45) is 5.82. The van der Waals surface area contributed by atoms with E-state index >= 15 is 0 Å². The average molecular weight is 1380 g/mol. The van der Waals surface area contributed by atoms with Crippen LogP contribution in [-0.2, 0) is 7.05 Å². The molecule has 9 heteroatoms. The van der Waals surface area contributed by atoms with Crippen LogP contribution in [0.15, 0.2) is 282 Å². The van der Waals surface area contributed by atoms with Crippen LogP contribution in [-0.4, -0.2) is 24.5 Å². The van der Waals surface area contributed by atoms with Crippen molar-refractivity contribution in [1.29, 1.82) is 0 Å². The molecular formula is C94H87N5O2S2. The van der Waals surface area contributed by atoms with Gasteiger partial charge < -0.3 is 13.4 Å². The normalized spacial score (nSPS) is 10.8.